The molecular weight excluding hydrogens is 559 g/mol. The molecule has 2 heterocycles. The van der Waals surface area contributed by atoms with Gasteiger partial charge in [-0.15, -0.1) is 0 Å². The molecule has 5 aromatic rings. The van der Waals surface area contributed by atoms with Crippen molar-refractivity contribution in [2.75, 3.05) is 27.7 Å². The van der Waals surface area contributed by atoms with E-state index in [-0.39, 0.29) is 0 Å². The number of ether oxygens (including phenoxy) is 1. The minimum atomic E-state index is -1.31. The van der Waals surface area contributed by atoms with Gasteiger partial charge in [0.15, 0.2) is 0 Å². The number of aromatic nitrogens is 1. The molecule has 0 bridgehead atoms. The number of aliphatic hydroxyl groups is 1. The molecule has 1 aliphatic rings. The highest BCUT2D eigenvalue weighted by Gasteiger charge is 2.52. The van der Waals surface area contributed by atoms with Gasteiger partial charge in [-0.05, 0) is 87.7 Å². The monoisotopic (exact) mass is 602 g/mol. The molecule has 0 radical (unpaired) electrons. The second-order valence-corrected chi connectivity index (χ2v) is 13.5. The quantitative estimate of drug-likeness (QED) is 0.190. The molecule has 1 fully saturated rings. The van der Waals surface area contributed by atoms with E-state index >= 15 is 0 Å². The topological polar surface area (TPSA) is 64.0 Å². The Morgan fingerprint density at radius 1 is 0.844 bits per heavy atom. The van der Waals surface area contributed by atoms with E-state index in [1.54, 1.807) is 7.11 Å². The standard InChI is InChI=1S/C38H43BN2O4/c1-36(2)37(3,4)45-39(44-36)29-20-21-33-28(24-29)25-31(35(40-33)43-7)34(27-15-9-8-10-16-27)38(42,22-23-41(5)6)32-19-13-17-26-14-11-12-18-30(26)32/h8-21,24-25,34,42H,22-23H2,1-7H3. The van der Waals surface area contributed by atoms with Crippen molar-refractivity contribution in [1.82, 2.24) is 9.88 Å². The smallest absolute Gasteiger partial charge is 0.481 e. The first-order valence-corrected chi connectivity index (χ1v) is 15.7. The molecule has 1 N–H and O–H groups in total. The van der Waals surface area contributed by atoms with Crippen LogP contribution in [-0.4, -0.2) is 61.1 Å². The molecule has 6 rings (SSSR count). The molecule has 1 aliphatic heterocycles. The van der Waals surface area contributed by atoms with Crippen molar-refractivity contribution in [2.24, 2.45) is 0 Å². The summed E-state index contributed by atoms with van der Waals surface area (Å²) in [4.78, 5) is 7.12. The zero-order valence-corrected chi connectivity index (χ0v) is 27.4. The SMILES string of the molecule is COc1nc2ccc(B3OC(C)(C)C(C)(C)O3)cc2cc1C(c1ccccc1)C(O)(CCN(C)C)c1cccc2ccccc12. The Hall–Kier alpha value is -3.75. The number of methoxy groups -OCH3 is 1. The van der Waals surface area contributed by atoms with Gasteiger partial charge in [-0.3, -0.25) is 0 Å². The van der Waals surface area contributed by atoms with Crippen molar-refractivity contribution in [2.45, 2.75) is 56.8 Å². The van der Waals surface area contributed by atoms with Gasteiger partial charge in [-0.2, -0.15) is 0 Å². The molecule has 1 saturated heterocycles. The fourth-order valence-corrected chi connectivity index (χ4v) is 6.48. The predicted octanol–water partition coefficient (Wildman–Crippen LogP) is 6.67. The highest BCUT2D eigenvalue weighted by molar-refractivity contribution is 6.62. The van der Waals surface area contributed by atoms with Crippen LogP contribution in [0.5, 0.6) is 5.88 Å². The Morgan fingerprint density at radius 2 is 1.51 bits per heavy atom. The molecule has 0 aliphatic carbocycles. The second-order valence-electron chi connectivity index (χ2n) is 13.5. The van der Waals surface area contributed by atoms with Gasteiger partial charge in [0.25, 0.3) is 0 Å². The summed E-state index contributed by atoms with van der Waals surface area (Å²) in [5, 5.41) is 16.3. The summed E-state index contributed by atoms with van der Waals surface area (Å²) in [6.07, 6.45) is 0.489. The fraction of sp³-hybridized carbons (Fsp3) is 0.342. The molecular formula is C38H43BN2O4. The first-order valence-electron chi connectivity index (χ1n) is 15.7. The number of hydrogen-bond donors (Lipinski definition) is 1. The number of pyridine rings is 1. The van der Waals surface area contributed by atoms with Crippen LogP contribution in [0.15, 0.2) is 97.1 Å². The van der Waals surface area contributed by atoms with E-state index in [0.717, 1.165) is 43.8 Å². The van der Waals surface area contributed by atoms with Gasteiger partial charge < -0.3 is 24.1 Å². The Balaban J connectivity index is 1.58. The number of fused-ring (bicyclic) bond motifs is 2. The third-order valence-corrected chi connectivity index (χ3v) is 9.67. The molecule has 0 amide bonds. The van der Waals surface area contributed by atoms with Gasteiger partial charge in [0.05, 0.1) is 23.8 Å². The number of hydrogen-bond acceptors (Lipinski definition) is 6. The molecule has 232 valence electrons. The van der Waals surface area contributed by atoms with E-state index in [9.17, 15) is 5.11 Å². The Bertz CT molecular complexity index is 1800. The van der Waals surface area contributed by atoms with Crippen LogP contribution in [-0.2, 0) is 14.9 Å². The maximum Gasteiger partial charge on any atom is 0.494 e. The average molecular weight is 603 g/mol. The lowest BCUT2D eigenvalue weighted by Gasteiger charge is -2.39. The lowest BCUT2D eigenvalue weighted by molar-refractivity contribution is 0.00520. The normalized spacial score (nSPS) is 17.9. The van der Waals surface area contributed by atoms with E-state index in [1.165, 1.54) is 0 Å². The molecule has 7 heteroatoms. The van der Waals surface area contributed by atoms with Gasteiger partial charge in [0, 0.05) is 23.4 Å². The van der Waals surface area contributed by atoms with Crippen LogP contribution in [0.25, 0.3) is 21.7 Å². The van der Waals surface area contributed by atoms with Crippen LogP contribution in [0, 0.1) is 0 Å². The largest absolute Gasteiger partial charge is 0.494 e. The molecule has 45 heavy (non-hydrogen) atoms. The summed E-state index contributed by atoms with van der Waals surface area (Å²) in [5.74, 6) is 0.0000558. The Morgan fingerprint density at radius 3 is 2.20 bits per heavy atom. The molecule has 6 nitrogen and oxygen atoms in total. The summed E-state index contributed by atoms with van der Waals surface area (Å²) in [6, 6.07) is 32.9. The summed E-state index contributed by atoms with van der Waals surface area (Å²) >= 11 is 0. The van der Waals surface area contributed by atoms with E-state index < -0.39 is 29.8 Å². The third kappa shape index (κ3) is 5.75. The van der Waals surface area contributed by atoms with Crippen molar-refractivity contribution in [3.63, 3.8) is 0 Å². The highest BCUT2D eigenvalue weighted by atomic mass is 16.7. The van der Waals surface area contributed by atoms with Crippen molar-refractivity contribution in [3.8, 4) is 5.88 Å². The van der Waals surface area contributed by atoms with Crippen LogP contribution in [0.3, 0.4) is 0 Å². The first kappa shape index (κ1) is 31.2. The number of rotatable bonds is 9. The average Bonchev–Trinajstić information content (AvgIpc) is 3.25. The molecule has 2 atom stereocenters. The maximum atomic E-state index is 13.3. The number of nitrogens with zero attached hydrogens (tertiary/aromatic N) is 2. The molecule has 0 saturated carbocycles. The van der Waals surface area contributed by atoms with Gasteiger partial charge >= 0.3 is 7.12 Å². The zero-order chi connectivity index (χ0) is 32.0. The first-order chi connectivity index (χ1) is 21.4. The number of benzene rings is 4. The third-order valence-electron chi connectivity index (χ3n) is 9.67. The minimum absolute atomic E-state index is 0.449. The maximum absolute atomic E-state index is 13.3. The van der Waals surface area contributed by atoms with Crippen LogP contribution in [0.1, 0.15) is 56.7 Å². The Labute approximate surface area is 267 Å². The molecule has 0 spiro atoms. The van der Waals surface area contributed by atoms with E-state index in [4.69, 9.17) is 19.0 Å². The molecule has 1 aromatic heterocycles. The van der Waals surface area contributed by atoms with Crippen molar-refractivity contribution >= 4 is 34.3 Å². The molecule has 2 unspecified atom stereocenters. The predicted molar refractivity (Wildman–Crippen MR) is 183 cm³/mol. The summed E-state index contributed by atoms with van der Waals surface area (Å²) in [5.41, 5.74) is 2.19. The van der Waals surface area contributed by atoms with Crippen LogP contribution in [0.4, 0.5) is 0 Å². The van der Waals surface area contributed by atoms with Gasteiger partial charge in [-0.1, -0.05) is 84.9 Å². The van der Waals surface area contributed by atoms with Crippen LogP contribution >= 0.6 is 0 Å². The fourth-order valence-electron chi connectivity index (χ4n) is 6.48. The van der Waals surface area contributed by atoms with E-state index in [0.29, 0.717) is 18.8 Å². The van der Waals surface area contributed by atoms with E-state index in [2.05, 4.69) is 81.1 Å². The summed E-state index contributed by atoms with van der Waals surface area (Å²) in [7, 11) is 5.23. The zero-order valence-electron chi connectivity index (χ0n) is 27.4. The van der Waals surface area contributed by atoms with Gasteiger partial charge in [0.1, 0.15) is 5.60 Å². The van der Waals surface area contributed by atoms with E-state index in [1.807, 2.05) is 62.6 Å². The highest BCUT2D eigenvalue weighted by Crippen LogP contribution is 2.49. The lowest BCUT2D eigenvalue weighted by atomic mass is 9.70. The minimum Gasteiger partial charge on any atom is -0.481 e. The van der Waals surface area contributed by atoms with Crippen molar-refractivity contribution in [1.29, 1.82) is 0 Å². The summed E-state index contributed by atoms with van der Waals surface area (Å²) < 4.78 is 18.8. The van der Waals surface area contributed by atoms with Crippen molar-refractivity contribution < 1.29 is 19.2 Å². The Kier molecular flexibility index (Phi) is 8.25. The lowest BCUT2D eigenvalue weighted by Crippen LogP contribution is -2.41. The summed E-state index contributed by atoms with van der Waals surface area (Å²) in [6.45, 7) is 8.92. The van der Waals surface area contributed by atoms with Crippen molar-refractivity contribution in [3.05, 3.63) is 114 Å². The molecule has 4 aromatic carbocycles. The van der Waals surface area contributed by atoms with Gasteiger partial charge in [-0.25, -0.2) is 4.98 Å². The second kappa shape index (κ2) is 11.9. The van der Waals surface area contributed by atoms with Crippen LogP contribution in [0.2, 0.25) is 0 Å². The van der Waals surface area contributed by atoms with Crippen LogP contribution < -0.4 is 10.2 Å². The van der Waals surface area contributed by atoms with Gasteiger partial charge in [0.2, 0.25) is 5.88 Å².